The average Bonchev–Trinajstić information content (AvgIpc) is 2.70. The zero-order chi connectivity index (χ0) is 13.5. The van der Waals surface area contributed by atoms with Crippen LogP contribution in [0.4, 0.5) is 0 Å². The van der Waals surface area contributed by atoms with Crippen LogP contribution in [0.2, 0.25) is 5.15 Å². The van der Waals surface area contributed by atoms with E-state index in [0.717, 1.165) is 24.2 Å². The first-order chi connectivity index (χ1) is 9.06. The Labute approximate surface area is 119 Å². The fourth-order valence-electron chi connectivity index (χ4n) is 2.91. The number of nitrogens with zero attached hydrogens (tertiary/aromatic N) is 2. The zero-order valence-electron chi connectivity index (χ0n) is 11.5. The van der Waals surface area contributed by atoms with Crippen LogP contribution >= 0.6 is 11.6 Å². The smallest absolute Gasteiger partial charge is 0.134 e. The molecule has 3 rings (SSSR count). The van der Waals surface area contributed by atoms with Crippen LogP contribution in [0.25, 0.3) is 10.9 Å². The Balaban J connectivity index is 1.94. The first-order valence-electron chi connectivity index (χ1n) is 6.85. The molecule has 2 aromatic rings. The van der Waals surface area contributed by atoms with Crippen LogP contribution in [-0.4, -0.2) is 22.0 Å². The van der Waals surface area contributed by atoms with Crippen LogP contribution < -0.4 is 0 Å². The lowest BCUT2D eigenvalue weighted by atomic mass is 10.0. The van der Waals surface area contributed by atoms with Crippen molar-refractivity contribution in [2.75, 3.05) is 6.54 Å². The molecule has 0 spiro atoms. The Morgan fingerprint density at radius 3 is 2.84 bits per heavy atom. The van der Waals surface area contributed by atoms with Crippen LogP contribution in [-0.2, 0) is 6.54 Å². The highest BCUT2D eigenvalue weighted by molar-refractivity contribution is 6.30. The molecule has 0 aliphatic carbocycles. The lowest BCUT2D eigenvalue weighted by Gasteiger charge is -2.31. The van der Waals surface area contributed by atoms with E-state index < -0.39 is 0 Å². The molecule has 1 aliphatic heterocycles. The van der Waals surface area contributed by atoms with Crippen LogP contribution in [0.5, 0.6) is 0 Å². The lowest BCUT2D eigenvalue weighted by molar-refractivity contribution is 0.166. The van der Waals surface area contributed by atoms with E-state index in [0.29, 0.717) is 5.15 Å². The van der Waals surface area contributed by atoms with Gasteiger partial charge in [-0.05, 0) is 45.4 Å². The van der Waals surface area contributed by atoms with E-state index in [1.165, 1.54) is 18.2 Å². The van der Waals surface area contributed by atoms with E-state index in [1.54, 1.807) is 0 Å². The maximum absolute atomic E-state index is 6.34. The van der Waals surface area contributed by atoms with Gasteiger partial charge in [0.15, 0.2) is 0 Å². The zero-order valence-corrected chi connectivity index (χ0v) is 12.2. The Morgan fingerprint density at radius 2 is 2.11 bits per heavy atom. The van der Waals surface area contributed by atoms with Gasteiger partial charge in [0, 0.05) is 23.0 Å². The Morgan fingerprint density at radius 1 is 1.32 bits per heavy atom. The summed E-state index contributed by atoms with van der Waals surface area (Å²) < 4.78 is 0. The van der Waals surface area contributed by atoms with Crippen LogP contribution in [0.3, 0.4) is 0 Å². The molecule has 2 heterocycles. The van der Waals surface area contributed by atoms with E-state index >= 15 is 0 Å². The Hall–Kier alpha value is -1.12. The number of pyridine rings is 1. The largest absolute Gasteiger partial charge is 0.294 e. The second-order valence-electron chi connectivity index (χ2n) is 5.97. The van der Waals surface area contributed by atoms with Gasteiger partial charge in [-0.3, -0.25) is 4.90 Å². The molecule has 0 radical (unpaired) electrons. The van der Waals surface area contributed by atoms with Crippen molar-refractivity contribution >= 4 is 22.5 Å². The number of likely N-dealkylation sites (tertiary alicyclic amines) is 1. The van der Waals surface area contributed by atoms with Crippen molar-refractivity contribution in [2.45, 2.75) is 38.8 Å². The molecule has 19 heavy (non-hydrogen) atoms. The lowest BCUT2D eigenvalue weighted by Crippen LogP contribution is -2.37. The maximum atomic E-state index is 6.34. The van der Waals surface area contributed by atoms with Gasteiger partial charge >= 0.3 is 0 Å². The number of hydrogen-bond donors (Lipinski definition) is 0. The summed E-state index contributed by atoms with van der Waals surface area (Å²) in [5.41, 5.74) is 2.38. The van der Waals surface area contributed by atoms with Crippen molar-refractivity contribution in [1.82, 2.24) is 9.88 Å². The molecule has 0 amide bonds. The van der Waals surface area contributed by atoms with Gasteiger partial charge in [0.25, 0.3) is 0 Å². The SMILES string of the molecule is CC1(C)CCCN1Cc1cc2ccccc2nc1Cl. The van der Waals surface area contributed by atoms with Crippen LogP contribution in [0, 0.1) is 0 Å². The summed E-state index contributed by atoms with van der Waals surface area (Å²) >= 11 is 6.34. The van der Waals surface area contributed by atoms with E-state index in [4.69, 9.17) is 11.6 Å². The molecule has 1 aliphatic rings. The molecular formula is C16H19ClN2. The third-order valence-electron chi connectivity index (χ3n) is 4.18. The fourth-order valence-corrected chi connectivity index (χ4v) is 3.11. The van der Waals surface area contributed by atoms with Gasteiger partial charge in [-0.25, -0.2) is 4.98 Å². The second kappa shape index (κ2) is 4.77. The van der Waals surface area contributed by atoms with Crippen molar-refractivity contribution in [3.05, 3.63) is 41.0 Å². The normalized spacial score (nSPS) is 19.1. The van der Waals surface area contributed by atoms with Crippen LogP contribution in [0.1, 0.15) is 32.3 Å². The minimum atomic E-state index is 0.273. The molecule has 1 aromatic carbocycles. The van der Waals surface area contributed by atoms with Gasteiger partial charge < -0.3 is 0 Å². The van der Waals surface area contributed by atoms with Gasteiger partial charge in [0.2, 0.25) is 0 Å². The van der Waals surface area contributed by atoms with Gasteiger partial charge in [0.1, 0.15) is 5.15 Å². The molecular weight excluding hydrogens is 256 g/mol. The third-order valence-corrected chi connectivity index (χ3v) is 4.51. The van der Waals surface area contributed by atoms with E-state index in [-0.39, 0.29) is 5.54 Å². The number of rotatable bonds is 2. The average molecular weight is 275 g/mol. The number of fused-ring (bicyclic) bond motifs is 1. The molecule has 3 heteroatoms. The summed E-state index contributed by atoms with van der Waals surface area (Å²) in [6, 6.07) is 10.3. The first kappa shape index (κ1) is 12.9. The molecule has 0 bridgehead atoms. The monoisotopic (exact) mass is 274 g/mol. The van der Waals surface area contributed by atoms with Crippen molar-refractivity contribution in [2.24, 2.45) is 0 Å². The molecule has 0 unspecified atom stereocenters. The number of para-hydroxylation sites is 1. The maximum Gasteiger partial charge on any atom is 0.134 e. The Kier molecular flexibility index (Phi) is 3.23. The molecule has 1 aromatic heterocycles. The van der Waals surface area contributed by atoms with Gasteiger partial charge in [-0.1, -0.05) is 29.8 Å². The van der Waals surface area contributed by atoms with Crippen molar-refractivity contribution in [1.29, 1.82) is 0 Å². The highest BCUT2D eigenvalue weighted by Crippen LogP contribution is 2.31. The molecule has 0 atom stereocenters. The summed E-state index contributed by atoms with van der Waals surface area (Å²) in [4.78, 5) is 7.01. The highest BCUT2D eigenvalue weighted by atomic mass is 35.5. The molecule has 0 saturated carbocycles. The minimum Gasteiger partial charge on any atom is -0.294 e. The second-order valence-corrected chi connectivity index (χ2v) is 6.33. The molecule has 1 fully saturated rings. The van der Waals surface area contributed by atoms with Gasteiger partial charge in [0.05, 0.1) is 5.52 Å². The summed E-state index contributed by atoms with van der Waals surface area (Å²) in [5, 5.41) is 1.81. The van der Waals surface area contributed by atoms with Crippen LogP contribution in [0.15, 0.2) is 30.3 Å². The predicted octanol–water partition coefficient (Wildman–Crippen LogP) is 4.26. The topological polar surface area (TPSA) is 16.1 Å². The van der Waals surface area contributed by atoms with E-state index in [9.17, 15) is 0 Å². The van der Waals surface area contributed by atoms with Gasteiger partial charge in [-0.15, -0.1) is 0 Å². The third kappa shape index (κ3) is 2.47. The molecule has 2 nitrogen and oxygen atoms in total. The highest BCUT2D eigenvalue weighted by Gasteiger charge is 2.32. The number of aromatic nitrogens is 1. The van der Waals surface area contributed by atoms with Crippen molar-refractivity contribution in [3.8, 4) is 0 Å². The predicted molar refractivity (Wildman–Crippen MR) is 80.5 cm³/mol. The summed E-state index contributed by atoms with van der Waals surface area (Å²) in [7, 11) is 0. The van der Waals surface area contributed by atoms with Gasteiger partial charge in [-0.2, -0.15) is 0 Å². The van der Waals surface area contributed by atoms with E-state index in [2.05, 4.69) is 35.9 Å². The van der Waals surface area contributed by atoms with E-state index in [1.807, 2.05) is 18.2 Å². The standard InChI is InChI=1S/C16H19ClN2/c1-16(2)8-5-9-19(16)11-13-10-12-6-3-4-7-14(12)18-15(13)17/h3-4,6-7,10H,5,8-9,11H2,1-2H3. The minimum absolute atomic E-state index is 0.273. The fraction of sp³-hybridized carbons (Fsp3) is 0.438. The van der Waals surface area contributed by atoms with Crippen molar-refractivity contribution < 1.29 is 0 Å². The Bertz CT molecular complexity index is 607. The summed E-state index contributed by atoms with van der Waals surface area (Å²) in [5.74, 6) is 0. The number of halogens is 1. The first-order valence-corrected chi connectivity index (χ1v) is 7.23. The molecule has 1 saturated heterocycles. The molecule has 0 N–H and O–H groups in total. The molecule has 100 valence electrons. The van der Waals surface area contributed by atoms with Crippen molar-refractivity contribution in [3.63, 3.8) is 0 Å². The summed E-state index contributed by atoms with van der Waals surface area (Å²) in [6.45, 7) is 6.66. The quantitative estimate of drug-likeness (QED) is 0.761. The number of benzene rings is 1. The summed E-state index contributed by atoms with van der Waals surface area (Å²) in [6.07, 6.45) is 2.53. The number of hydrogen-bond acceptors (Lipinski definition) is 2.